The van der Waals surface area contributed by atoms with E-state index in [9.17, 15) is 4.79 Å². The Labute approximate surface area is 129 Å². The fraction of sp³-hybridized carbons (Fsp3) is 0.235. The first-order valence-corrected chi connectivity index (χ1v) is 7.43. The Balaban J connectivity index is 1.87. The maximum absolute atomic E-state index is 12.2. The topological polar surface area (TPSA) is 29.5 Å². The van der Waals surface area contributed by atoms with Gasteiger partial charge in [-0.05, 0) is 37.1 Å². The Morgan fingerprint density at radius 3 is 2.48 bits per heavy atom. The maximum Gasteiger partial charge on any atom is 0.343 e. The van der Waals surface area contributed by atoms with Crippen molar-refractivity contribution in [3.05, 3.63) is 59.1 Å². The average molecular weight is 302 g/mol. The van der Waals surface area contributed by atoms with Gasteiger partial charge < -0.3 is 9.64 Å². The molecule has 0 radical (unpaired) electrons. The molecule has 0 saturated carbocycles. The third-order valence-corrected chi connectivity index (χ3v) is 3.82. The molecule has 3 rings (SSSR count). The van der Waals surface area contributed by atoms with E-state index < -0.39 is 0 Å². The number of esters is 1. The molecule has 1 aliphatic heterocycles. The van der Waals surface area contributed by atoms with Crippen molar-refractivity contribution < 1.29 is 9.53 Å². The van der Waals surface area contributed by atoms with Crippen molar-refractivity contribution in [3.63, 3.8) is 0 Å². The van der Waals surface area contributed by atoms with Crippen LogP contribution in [0.4, 0.5) is 5.69 Å². The van der Waals surface area contributed by atoms with Gasteiger partial charge in [0, 0.05) is 24.2 Å². The molecule has 0 spiro atoms. The van der Waals surface area contributed by atoms with Crippen LogP contribution in [0.5, 0.6) is 5.75 Å². The molecular weight excluding hydrogens is 286 g/mol. The van der Waals surface area contributed by atoms with Gasteiger partial charge in [0.05, 0.1) is 11.3 Å². The molecule has 0 aromatic heterocycles. The third-order valence-electron chi connectivity index (χ3n) is 3.58. The largest absolute Gasteiger partial charge is 0.421 e. The Hall–Kier alpha value is -2.00. The lowest BCUT2D eigenvalue weighted by Crippen LogP contribution is -2.19. The number of hydrogen-bond donors (Lipinski definition) is 0. The first-order valence-electron chi connectivity index (χ1n) is 7.06. The molecule has 1 aliphatic rings. The summed E-state index contributed by atoms with van der Waals surface area (Å²) < 4.78 is 5.56. The number of nitrogens with zero attached hydrogens (tertiary/aromatic N) is 1. The van der Waals surface area contributed by atoms with Crippen molar-refractivity contribution in [2.75, 3.05) is 18.0 Å². The van der Waals surface area contributed by atoms with Crippen LogP contribution in [0.3, 0.4) is 0 Å². The number of carbonyl (C=O) groups is 1. The summed E-state index contributed by atoms with van der Waals surface area (Å²) in [6.45, 7) is 1.97. The van der Waals surface area contributed by atoms with Gasteiger partial charge in [-0.15, -0.1) is 0 Å². The molecule has 0 bridgehead atoms. The van der Waals surface area contributed by atoms with Crippen molar-refractivity contribution in [2.45, 2.75) is 12.8 Å². The van der Waals surface area contributed by atoms with E-state index >= 15 is 0 Å². The van der Waals surface area contributed by atoms with Gasteiger partial charge in [0.1, 0.15) is 0 Å². The van der Waals surface area contributed by atoms with Gasteiger partial charge in [0.25, 0.3) is 0 Å². The van der Waals surface area contributed by atoms with Crippen LogP contribution in [0.1, 0.15) is 23.2 Å². The summed E-state index contributed by atoms with van der Waals surface area (Å²) in [7, 11) is 0. The van der Waals surface area contributed by atoms with E-state index in [1.165, 1.54) is 0 Å². The van der Waals surface area contributed by atoms with Gasteiger partial charge in [-0.2, -0.15) is 0 Å². The lowest BCUT2D eigenvalue weighted by Gasteiger charge is -2.21. The van der Waals surface area contributed by atoms with E-state index in [2.05, 4.69) is 4.90 Å². The standard InChI is InChI=1S/C17H16ClNO2/c18-14-8-9-15(19-10-4-5-11-19)16(12-14)21-17(20)13-6-2-1-3-7-13/h1-3,6-9,12H,4-5,10-11H2. The minimum absolute atomic E-state index is 0.363. The molecule has 0 unspecified atom stereocenters. The van der Waals surface area contributed by atoms with E-state index in [4.69, 9.17) is 16.3 Å². The zero-order valence-corrected chi connectivity index (χ0v) is 12.3. The van der Waals surface area contributed by atoms with Crippen LogP contribution < -0.4 is 9.64 Å². The summed E-state index contributed by atoms with van der Waals surface area (Å²) in [4.78, 5) is 14.4. The highest BCUT2D eigenvalue weighted by molar-refractivity contribution is 6.30. The number of benzene rings is 2. The van der Waals surface area contributed by atoms with Crippen LogP contribution in [0, 0.1) is 0 Å². The molecular formula is C17H16ClNO2. The zero-order chi connectivity index (χ0) is 14.7. The normalized spacial score (nSPS) is 14.2. The van der Waals surface area contributed by atoms with Gasteiger partial charge in [0.15, 0.2) is 5.75 Å². The maximum atomic E-state index is 12.2. The fourth-order valence-corrected chi connectivity index (χ4v) is 2.68. The van der Waals surface area contributed by atoms with Crippen LogP contribution >= 0.6 is 11.6 Å². The lowest BCUT2D eigenvalue weighted by atomic mass is 10.2. The summed E-state index contributed by atoms with van der Waals surface area (Å²) in [6.07, 6.45) is 2.32. The average Bonchev–Trinajstić information content (AvgIpc) is 3.02. The highest BCUT2D eigenvalue weighted by Gasteiger charge is 2.19. The molecule has 2 aromatic rings. The summed E-state index contributed by atoms with van der Waals surface area (Å²) in [5.74, 6) is 0.163. The second-order valence-electron chi connectivity index (χ2n) is 5.06. The van der Waals surface area contributed by atoms with Gasteiger partial charge in [-0.25, -0.2) is 4.79 Å². The first-order chi connectivity index (χ1) is 10.2. The predicted molar refractivity (Wildman–Crippen MR) is 84.3 cm³/mol. The minimum Gasteiger partial charge on any atom is -0.421 e. The van der Waals surface area contributed by atoms with Crippen LogP contribution in [-0.4, -0.2) is 19.1 Å². The number of carbonyl (C=O) groups excluding carboxylic acids is 1. The van der Waals surface area contributed by atoms with Crippen LogP contribution in [0.15, 0.2) is 48.5 Å². The molecule has 21 heavy (non-hydrogen) atoms. The van der Waals surface area contributed by atoms with E-state index in [0.717, 1.165) is 31.6 Å². The summed E-state index contributed by atoms with van der Waals surface area (Å²) in [5.41, 5.74) is 1.46. The SMILES string of the molecule is O=C(Oc1cc(Cl)ccc1N1CCCC1)c1ccccc1. The smallest absolute Gasteiger partial charge is 0.343 e. The number of anilines is 1. The number of halogens is 1. The Kier molecular flexibility index (Phi) is 4.11. The van der Waals surface area contributed by atoms with E-state index in [-0.39, 0.29) is 5.97 Å². The van der Waals surface area contributed by atoms with E-state index in [0.29, 0.717) is 16.3 Å². The van der Waals surface area contributed by atoms with E-state index in [1.807, 2.05) is 30.3 Å². The fourth-order valence-electron chi connectivity index (χ4n) is 2.52. The molecule has 0 amide bonds. The van der Waals surface area contributed by atoms with Gasteiger partial charge in [-0.1, -0.05) is 29.8 Å². The third kappa shape index (κ3) is 3.19. The number of hydrogen-bond acceptors (Lipinski definition) is 3. The van der Waals surface area contributed by atoms with Gasteiger partial charge in [0.2, 0.25) is 0 Å². The molecule has 1 saturated heterocycles. The summed E-state index contributed by atoms with van der Waals surface area (Å²) in [6, 6.07) is 14.4. The molecule has 1 heterocycles. The Bertz CT molecular complexity index is 636. The minimum atomic E-state index is -0.363. The van der Waals surface area contributed by atoms with Crippen LogP contribution in [0.2, 0.25) is 5.02 Å². The molecule has 4 heteroatoms. The molecule has 0 atom stereocenters. The summed E-state index contributed by atoms with van der Waals surface area (Å²) in [5, 5.41) is 0.564. The van der Waals surface area contributed by atoms with Crippen molar-refractivity contribution in [2.24, 2.45) is 0 Å². The number of ether oxygens (including phenoxy) is 1. The quantitative estimate of drug-likeness (QED) is 0.630. The lowest BCUT2D eigenvalue weighted by molar-refractivity contribution is 0.0735. The molecule has 0 aliphatic carbocycles. The Morgan fingerprint density at radius 1 is 1.05 bits per heavy atom. The predicted octanol–water partition coefficient (Wildman–Crippen LogP) is 4.16. The van der Waals surface area contributed by atoms with Gasteiger partial charge in [-0.3, -0.25) is 0 Å². The van der Waals surface area contributed by atoms with Crippen molar-refractivity contribution >= 4 is 23.3 Å². The van der Waals surface area contributed by atoms with Crippen molar-refractivity contribution in [3.8, 4) is 5.75 Å². The molecule has 0 N–H and O–H groups in total. The highest BCUT2D eigenvalue weighted by atomic mass is 35.5. The van der Waals surface area contributed by atoms with Crippen molar-refractivity contribution in [1.82, 2.24) is 0 Å². The zero-order valence-electron chi connectivity index (χ0n) is 11.6. The van der Waals surface area contributed by atoms with Gasteiger partial charge >= 0.3 is 5.97 Å². The van der Waals surface area contributed by atoms with Crippen LogP contribution in [-0.2, 0) is 0 Å². The molecule has 2 aromatic carbocycles. The molecule has 3 nitrogen and oxygen atoms in total. The van der Waals surface area contributed by atoms with Crippen LogP contribution in [0.25, 0.3) is 0 Å². The second-order valence-corrected chi connectivity index (χ2v) is 5.50. The first kappa shape index (κ1) is 14.0. The molecule has 1 fully saturated rings. The van der Waals surface area contributed by atoms with Crippen molar-refractivity contribution in [1.29, 1.82) is 0 Å². The summed E-state index contributed by atoms with van der Waals surface area (Å²) >= 11 is 6.04. The second kappa shape index (κ2) is 6.19. The number of rotatable bonds is 3. The molecule has 108 valence electrons. The Morgan fingerprint density at radius 2 is 1.76 bits per heavy atom. The monoisotopic (exact) mass is 301 g/mol. The highest BCUT2D eigenvalue weighted by Crippen LogP contribution is 2.33. The van der Waals surface area contributed by atoms with E-state index in [1.54, 1.807) is 18.2 Å².